The summed E-state index contributed by atoms with van der Waals surface area (Å²) in [6.45, 7) is 4.00. The van der Waals surface area contributed by atoms with Gasteiger partial charge in [0.25, 0.3) is 0 Å². The van der Waals surface area contributed by atoms with Crippen LogP contribution in [0.2, 0.25) is 0 Å². The molecule has 0 aliphatic rings. The minimum absolute atomic E-state index is 0.00132. The van der Waals surface area contributed by atoms with Crippen molar-refractivity contribution >= 4 is 13.5 Å². The Labute approximate surface area is 102 Å². The van der Waals surface area contributed by atoms with Crippen LogP contribution in [0.15, 0.2) is 0 Å². The summed E-state index contributed by atoms with van der Waals surface area (Å²) >= 11 is 0. The maximum absolute atomic E-state index is 11.6. The van der Waals surface area contributed by atoms with E-state index in [-0.39, 0.29) is 24.5 Å². The van der Waals surface area contributed by atoms with Gasteiger partial charge in [0, 0.05) is 6.04 Å². The smallest absolute Gasteiger partial charge is 0.325 e. The quantitative estimate of drug-likeness (QED) is 0.480. The third kappa shape index (κ3) is 8.32. The van der Waals surface area contributed by atoms with Crippen molar-refractivity contribution in [1.29, 1.82) is 0 Å². The molecule has 17 heavy (non-hydrogen) atoms. The van der Waals surface area contributed by atoms with Gasteiger partial charge >= 0.3 is 7.60 Å². The molecular formula is C10H23N2O4P. The van der Waals surface area contributed by atoms with Gasteiger partial charge in [-0.1, -0.05) is 20.3 Å². The minimum atomic E-state index is -4.07. The van der Waals surface area contributed by atoms with Crippen molar-refractivity contribution in [3.05, 3.63) is 0 Å². The predicted octanol–water partition coefficient (Wildman–Crippen LogP) is 0.576. The molecule has 0 saturated heterocycles. The molecule has 0 aliphatic heterocycles. The summed E-state index contributed by atoms with van der Waals surface area (Å²) in [5.41, 5.74) is 5.57. The predicted molar refractivity (Wildman–Crippen MR) is 66.6 cm³/mol. The summed E-state index contributed by atoms with van der Waals surface area (Å²) in [4.78, 5) is 29.0. The second kappa shape index (κ2) is 7.82. The highest BCUT2D eigenvalue weighted by molar-refractivity contribution is 7.51. The van der Waals surface area contributed by atoms with Crippen molar-refractivity contribution in [1.82, 2.24) is 5.32 Å². The van der Waals surface area contributed by atoms with Gasteiger partial charge in [-0.05, 0) is 19.3 Å². The van der Waals surface area contributed by atoms with Crippen molar-refractivity contribution in [3.63, 3.8) is 0 Å². The van der Waals surface area contributed by atoms with Crippen molar-refractivity contribution in [2.45, 2.75) is 51.6 Å². The number of amides is 1. The lowest BCUT2D eigenvalue weighted by molar-refractivity contribution is -0.123. The van der Waals surface area contributed by atoms with E-state index in [0.29, 0.717) is 0 Å². The molecule has 0 fully saturated rings. The second-order valence-corrected chi connectivity index (χ2v) is 5.96. The van der Waals surface area contributed by atoms with Crippen LogP contribution in [-0.2, 0) is 9.36 Å². The van der Waals surface area contributed by atoms with Crippen LogP contribution in [0.5, 0.6) is 0 Å². The fourth-order valence-corrected chi connectivity index (χ4v) is 2.09. The summed E-state index contributed by atoms with van der Waals surface area (Å²) in [6.07, 6.45) is 2.32. The Morgan fingerprint density at radius 2 is 1.94 bits per heavy atom. The average molecular weight is 266 g/mol. The first kappa shape index (κ1) is 16.6. The summed E-state index contributed by atoms with van der Waals surface area (Å²) in [7, 11) is -4.07. The first-order valence-corrected chi connectivity index (χ1v) is 7.70. The number of carbonyl (C=O) groups is 1. The van der Waals surface area contributed by atoms with Crippen molar-refractivity contribution in [2.75, 3.05) is 6.16 Å². The number of nitrogens with one attached hydrogen (secondary N) is 1. The van der Waals surface area contributed by atoms with Gasteiger partial charge in [-0.15, -0.1) is 0 Å². The van der Waals surface area contributed by atoms with Crippen LogP contribution in [-0.4, -0.2) is 33.9 Å². The number of carbonyl (C=O) groups excluding carboxylic acids is 1. The molecule has 5 N–H and O–H groups in total. The number of hydrogen-bond acceptors (Lipinski definition) is 3. The van der Waals surface area contributed by atoms with Gasteiger partial charge in [0.05, 0.1) is 12.2 Å². The molecule has 0 aromatic heterocycles. The number of rotatable bonds is 8. The lowest BCUT2D eigenvalue weighted by Crippen LogP contribution is -2.45. The molecule has 102 valence electrons. The molecule has 7 heteroatoms. The fraction of sp³-hybridized carbons (Fsp3) is 0.900. The minimum Gasteiger partial charge on any atom is -0.352 e. The van der Waals surface area contributed by atoms with E-state index in [1.54, 1.807) is 0 Å². The molecule has 0 saturated carbocycles. The molecule has 0 rings (SSSR count). The zero-order valence-corrected chi connectivity index (χ0v) is 11.3. The van der Waals surface area contributed by atoms with Gasteiger partial charge in [-0.25, -0.2) is 0 Å². The third-order valence-corrected chi connectivity index (χ3v) is 3.39. The summed E-state index contributed by atoms with van der Waals surface area (Å²) in [5.74, 6) is -0.334. The van der Waals surface area contributed by atoms with Crippen LogP contribution in [0.3, 0.4) is 0 Å². The Morgan fingerprint density at radius 3 is 2.35 bits per heavy atom. The molecule has 1 amide bonds. The number of nitrogens with two attached hydrogens (primary N) is 1. The molecule has 0 aliphatic carbocycles. The first-order chi connectivity index (χ1) is 7.80. The fourth-order valence-electron chi connectivity index (χ4n) is 1.47. The standard InChI is InChI=1S/C10H23N2O4P/c1-3-5-8(4-2)12-10(13)9(11)6-7-17(14,15)16/h8-9H,3-7,11H2,1-2H3,(H,12,13)(H2,14,15,16)/t8-,9?/m1/s1. The highest BCUT2D eigenvalue weighted by Gasteiger charge is 2.21. The molecule has 0 aromatic carbocycles. The zero-order chi connectivity index (χ0) is 13.5. The van der Waals surface area contributed by atoms with Crippen molar-refractivity contribution < 1.29 is 19.1 Å². The highest BCUT2D eigenvalue weighted by atomic mass is 31.2. The maximum Gasteiger partial charge on any atom is 0.325 e. The SMILES string of the molecule is CCC[C@@H](CC)NC(=O)C(N)CCP(=O)(O)O. The average Bonchev–Trinajstić information content (AvgIpc) is 2.23. The van der Waals surface area contributed by atoms with E-state index in [9.17, 15) is 9.36 Å². The van der Waals surface area contributed by atoms with Gasteiger partial charge in [-0.3, -0.25) is 9.36 Å². The van der Waals surface area contributed by atoms with E-state index in [2.05, 4.69) is 5.32 Å². The summed E-state index contributed by atoms with van der Waals surface area (Å²) in [5, 5.41) is 2.79. The highest BCUT2D eigenvalue weighted by Crippen LogP contribution is 2.35. The van der Waals surface area contributed by atoms with Crippen LogP contribution in [0, 0.1) is 0 Å². The molecule has 0 bridgehead atoms. The van der Waals surface area contributed by atoms with E-state index in [1.807, 2.05) is 13.8 Å². The third-order valence-electron chi connectivity index (χ3n) is 2.54. The maximum atomic E-state index is 11.6. The summed E-state index contributed by atoms with van der Waals surface area (Å²) < 4.78 is 10.6. The van der Waals surface area contributed by atoms with E-state index >= 15 is 0 Å². The Morgan fingerprint density at radius 1 is 1.35 bits per heavy atom. The molecule has 0 radical (unpaired) electrons. The van der Waals surface area contributed by atoms with Crippen molar-refractivity contribution in [2.24, 2.45) is 5.73 Å². The lowest BCUT2D eigenvalue weighted by Gasteiger charge is -2.19. The summed E-state index contributed by atoms with van der Waals surface area (Å²) in [6, 6.07) is -0.762. The molecule has 6 nitrogen and oxygen atoms in total. The molecule has 0 heterocycles. The Kier molecular flexibility index (Phi) is 7.63. The number of hydrogen-bond donors (Lipinski definition) is 4. The lowest BCUT2D eigenvalue weighted by atomic mass is 10.1. The second-order valence-electron chi connectivity index (χ2n) is 4.19. The van der Waals surface area contributed by atoms with Crippen LogP contribution >= 0.6 is 7.60 Å². The first-order valence-electron chi connectivity index (χ1n) is 5.90. The van der Waals surface area contributed by atoms with Gasteiger partial charge in [0.2, 0.25) is 5.91 Å². The van der Waals surface area contributed by atoms with Gasteiger partial charge < -0.3 is 20.8 Å². The molecule has 0 spiro atoms. The molecule has 0 aromatic rings. The van der Waals surface area contributed by atoms with Crippen molar-refractivity contribution in [3.8, 4) is 0 Å². The van der Waals surface area contributed by atoms with Crippen LogP contribution in [0.1, 0.15) is 39.5 Å². The topological polar surface area (TPSA) is 113 Å². The van der Waals surface area contributed by atoms with Gasteiger partial charge in [0.15, 0.2) is 0 Å². The Balaban J connectivity index is 4.08. The monoisotopic (exact) mass is 266 g/mol. The normalized spacial score (nSPS) is 15.4. The van der Waals surface area contributed by atoms with E-state index < -0.39 is 13.6 Å². The zero-order valence-electron chi connectivity index (χ0n) is 10.4. The largest absolute Gasteiger partial charge is 0.352 e. The van der Waals surface area contributed by atoms with E-state index in [1.165, 1.54) is 0 Å². The molecule has 2 atom stereocenters. The molecular weight excluding hydrogens is 243 g/mol. The van der Waals surface area contributed by atoms with E-state index in [0.717, 1.165) is 19.3 Å². The Bertz CT molecular complexity index is 279. The Hall–Kier alpha value is -0.420. The molecule has 1 unspecified atom stereocenters. The van der Waals surface area contributed by atoms with Gasteiger partial charge in [0.1, 0.15) is 0 Å². The van der Waals surface area contributed by atoms with E-state index in [4.69, 9.17) is 15.5 Å². The van der Waals surface area contributed by atoms with Gasteiger partial charge in [-0.2, -0.15) is 0 Å². The van der Waals surface area contributed by atoms with Crippen LogP contribution in [0.4, 0.5) is 0 Å². The van der Waals surface area contributed by atoms with Crippen LogP contribution in [0.25, 0.3) is 0 Å². The van der Waals surface area contributed by atoms with Crippen LogP contribution < -0.4 is 11.1 Å².